The van der Waals surface area contributed by atoms with E-state index in [1.165, 1.54) is 0 Å². The predicted molar refractivity (Wildman–Crippen MR) is 61.6 cm³/mol. The smallest absolute Gasteiger partial charge is 0.128 e. The normalized spacial score (nSPS) is 22.4. The van der Waals surface area contributed by atoms with Crippen molar-refractivity contribution in [3.8, 4) is 0 Å². The van der Waals surface area contributed by atoms with Crippen molar-refractivity contribution in [1.82, 2.24) is 10.3 Å². The van der Waals surface area contributed by atoms with Crippen molar-refractivity contribution in [2.75, 3.05) is 24.5 Å². The van der Waals surface area contributed by atoms with Gasteiger partial charge in [0.05, 0.1) is 0 Å². The topological polar surface area (TPSA) is 28.2 Å². The Kier molecular flexibility index (Phi) is 3.03. The second-order valence-electron chi connectivity index (χ2n) is 3.64. The van der Waals surface area contributed by atoms with Gasteiger partial charge in [-0.3, -0.25) is 0 Å². The third-order valence-electron chi connectivity index (χ3n) is 2.40. The Morgan fingerprint density at radius 3 is 3.07 bits per heavy atom. The van der Waals surface area contributed by atoms with Crippen LogP contribution in [-0.4, -0.2) is 30.7 Å². The zero-order valence-electron chi connectivity index (χ0n) is 8.20. The fourth-order valence-corrected chi connectivity index (χ4v) is 1.93. The van der Waals surface area contributed by atoms with Gasteiger partial charge in [-0.25, -0.2) is 4.98 Å². The summed E-state index contributed by atoms with van der Waals surface area (Å²) in [6.07, 6.45) is 1.85. The Bertz CT molecular complexity index is 299. The van der Waals surface area contributed by atoms with Gasteiger partial charge in [0.1, 0.15) is 5.82 Å². The molecule has 3 nitrogen and oxygen atoms in total. The van der Waals surface area contributed by atoms with Crippen LogP contribution in [0.25, 0.3) is 0 Å². The number of nitrogens with zero attached hydrogens (tertiary/aromatic N) is 2. The van der Waals surface area contributed by atoms with Crippen molar-refractivity contribution < 1.29 is 0 Å². The van der Waals surface area contributed by atoms with Crippen LogP contribution in [-0.2, 0) is 0 Å². The Morgan fingerprint density at radius 1 is 1.57 bits per heavy atom. The summed E-state index contributed by atoms with van der Waals surface area (Å²) in [6.45, 7) is 5.32. The van der Waals surface area contributed by atoms with Crippen molar-refractivity contribution >= 4 is 21.7 Å². The van der Waals surface area contributed by atoms with Crippen molar-refractivity contribution in [1.29, 1.82) is 0 Å². The van der Waals surface area contributed by atoms with Crippen LogP contribution in [0, 0.1) is 0 Å². The van der Waals surface area contributed by atoms with Crippen LogP contribution in [0.5, 0.6) is 0 Å². The van der Waals surface area contributed by atoms with E-state index in [0.29, 0.717) is 6.04 Å². The highest BCUT2D eigenvalue weighted by Crippen LogP contribution is 2.15. The zero-order valence-corrected chi connectivity index (χ0v) is 9.79. The Morgan fingerprint density at radius 2 is 2.43 bits per heavy atom. The van der Waals surface area contributed by atoms with E-state index in [0.717, 1.165) is 29.9 Å². The van der Waals surface area contributed by atoms with Crippen LogP contribution < -0.4 is 10.2 Å². The third-order valence-corrected chi connectivity index (χ3v) is 2.87. The lowest BCUT2D eigenvalue weighted by Gasteiger charge is -2.32. The molecule has 1 aliphatic rings. The quantitative estimate of drug-likeness (QED) is 0.828. The van der Waals surface area contributed by atoms with Crippen LogP contribution in [0.2, 0.25) is 0 Å². The molecule has 1 saturated heterocycles. The highest BCUT2D eigenvalue weighted by atomic mass is 79.9. The van der Waals surface area contributed by atoms with Crippen LogP contribution in [0.4, 0.5) is 5.82 Å². The molecular weight excluding hydrogens is 242 g/mol. The van der Waals surface area contributed by atoms with Crippen LogP contribution in [0.15, 0.2) is 22.8 Å². The second-order valence-corrected chi connectivity index (χ2v) is 4.55. The summed E-state index contributed by atoms with van der Waals surface area (Å²) < 4.78 is 1.03. The maximum Gasteiger partial charge on any atom is 0.128 e. The molecule has 76 valence electrons. The van der Waals surface area contributed by atoms with Gasteiger partial charge in [-0.15, -0.1) is 0 Å². The summed E-state index contributed by atoms with van der Waals surface area (Å²) in [5.74, 6) is 1.07. The van der Waals surface area contributed by atoms with Gasteiger partial charge in [-0.2, -0.15) is 0 Å². The molecule has 1 fully saturated rings. The highest BCUT2D eigenvalue weighted by Gasteiger charge is 2.16. The molecule has 2 heterocycles. The molecule has 2 rings (SSSR count). The molecule has 0 radical (unpaired) electrons. The Labute approximate surface area is 92.6 Å². The number of nitrogens with one attached hydrogen (secondary N) is 1. The van der Waals surface area contributed by atoms with Crippen molar-refractivity contribution in [3.05, 3.63) is 22.8 Å². The largest absolute Gasteiger partial charge is 0.354 e. The van der Waals surface area contributed by atoms with E-state index in [9.17, 15) is 0 Å². The third kappa shape index (κ3) is 2.25. The van der Waals surface area contributed by atoms with Crippen LogP contribution >= 0.6 is 15.9 Å². The predicted octanol–water partition coefficient (Wildman–Crippen LogP) is 1.64. The first kappa shape index (κ1) is 9.93. The molecule has 4 heteroatoms. The lowest BCUT2D eigenvalue weighted by Crippen LogP contribution is -2.49. The molecule has 14 heavy (non-hydrogen) atoms. The number of anilines is 1. The lowest BCUT2D eigenvalue weighted by molar-refractivity contribution is 0.482. The molecule has 0 aliphatic carbocycles. The summed E-state index contributed by atoms with van der Waals surface area (Å²) >= 11 is 3.39. The number of hydrogen-bond donors (Lipinski definition) is 1. The minimum absolute atomic E-state index is 0.550. The van der Waals surface area contributed by atoms with Crippen LogP contribution in [0.1, 0.15) is 6.92 Å². The number of hydrogen-bond acceptors (Lipinski definition) is 3. The summed E-state index contributed by atoms with van der Waals surface area (Å²) in [6, 6.07) is 4.64. The number of pyridine rings is 1. The van der Waals surface area contributed by atoms with E-state index < -0.39 is 0 Å². The lowest BCUT2D eigenvalue weighted by atomic mass is 10.2. The number of aromatic nitrogens is 1. The minimum Gasteiger partial charge on any atom is -0.354 e. The van der Waals surface area contributed by atoms with Crippen molar-refractivity contribution in [2.24, 2.45) is 0 Å². The molecule has 1 aliphatic heterocycles. The van der Waals surface area contributed by atoms with E-state index >= 15 is 0 Å². The average molecular weight is 256 g/mol. The summed E-state index contributed by atoms with van der Waals surface area (Å²) in [4.78, 5) is 6.70. The number of halogens is 1. The molecule has 1 N–H and O–H groups in total. The van der Waals surface area contributed by atoms with E-state index in [1.807, 2.05) is 12.3 Å². The van der Waals surface area contributed by atoms with E-state index in [-0.39, 0.29) is 0 Å². The maximum atomic E-state index is 4.39. The molecule has 1 atom stereocenters. The molecule has 1 aromatic heterocycles. The van der Waals surface area contributed by atoms with Gasteiger partial charge in [-0.05, 0) is 35.0 Å². The van der Waals surface area contributed by atoms with Gasteiger partial charge < -0.3 is 10.2 Å². The van der Waals surface area contributed by atoms with Crippen LogP contribution in [0.3, 0.4) is 0 Å². The highest BCUT2D eigenvalue weighted by molar-refractivity contribution is 9.10. The second kappa shape index (κ2) is 4.28. The fraction of sp³-hybridized carbons (Fsp3) is 0.500. The standard InChI is InChI=1S/C10H14BrN3/c1-8-7-14(5-4-12-8)10-3-2-9(11)6-13-10/h2-3,6,8,12H,4-5,7H2,1H3/t8-/m1/s1. The first-order valence-corrected chi connectivity index (χ1v) is 5.65. The molecular formula is C10H14BrN3. The Balaban J connectivity index is 2.10. The molecule has 0 bridgehead atoms. The Hall–Kier alpha value is -0.610. The van der Waals surface area contributed by atoms with E-state index in [2.05, 4.69) is 44.1 Å². The first-order valence-electron chi connectivity index (χ1n) is 4.85. The first-order chi connectivity index (χ1) is 6.75. The van der Waals surface area contributed by atoms with Gasteiger partial charge in [0.2, 0.25) is 0 Å². The molecule has 0 saturated carbocycles. The molecule has 0 spiro atoms. The van der Waals surface area contributed by atoms with Gasteiger partial charge in [0.15, 0.2) is 0 Å². The molecule has 0 unspecified atom stereocenters. The van der Waals surface area contributed by atoms with Crippen molar-refractivity contribution in [3.63, 3.8) is 0 Å². The number of piperazine rings is 1. The van der Waals surface area contributed by atoms with Gasteiger partial charge >= 0.3 is 0 Å². The SMILES string of the molecule is C[C@@H]1CN(c2ccc(Br)cn2)CCN1. The fourth-order valence-electron chi connectivity index (χ4n) is 1.70. The van der Waals surface area contributed by atoms with Gasteiger partial charge in [-0.1, -0.05) is 0 Å². The summed E-state index contributed by atoms with van der Waals surface area (Å²) in [7, 11) is 0. The van der Waals surface area contributed by atoms with Gasteiger partial charge in [0.25, 0.3) is 0 Å². The van der Waals surface area contributed by atoms with E-state index in [1.54, 1.807) is 0 Å². The minimum atomic E-state index is 0.550. The van der Waals surface area contributed by atoms with E-state index in [4.69, 9.17) is 0 Å². The average Bonchev–Trinajstić information content (AvgIpc) is 2.19. The van der Waals surface area contributed by atoms with Crippen molar-refractivity contribution in [2.45, 2.75) is 13.0 Å². The maximum absolute atomic E-state index is 4.39. The molecule has 0 aromatic carbocycles. The summed E-state index contributed by atoms with van der Waals surface area (Å²) in [5.41, 5.74) is 0. The summed E-state index contributed by atoms with van der Waals surface area (Å²) in [5, 5.41) is 3.41. The van der Waals surface area contributed by atoms with Gasteiger partial charge in [0, 0.05) is 36.3 Å². The molecule has 0 amide bonds. The number of rotatable bonds is 1. The monoisotopic (exact) mass is 255 g/mol. The zero-order chi connectivity index (χ0) is 9.97. The molecule has 1 aromatic rings.